The van der Waals surface area contributed by atoms with Gasteiger partial charge < -0.3 is 4.74 Å². The molecule has 0 radical (unpaired) electrons. The minimum Gasteiger partial charge on any atom is -0.490 e. The number of aromatic nitrogens is 2. The third-order valence-corrected chi connectivity index (χ3v) is 1.43. The molecule has 0 atom stereocenters. The fourth-order valence-corrected chi connectivity index (χ4v) is 0.878. The topological polar surface area (TPSA) is 35.0 Å². The maximum atomic E-state index is 5.62. The molecule has 5 heteroatoms. The number of rotatable bonds is 2. The molecule has 11 heavy (non-hydrogen) atoms. The summed E-state index contributed by atoms with van der Waals surface area (Å²) in [6.45, 7) is 2.38. The molecule has 0 saturated carbocycles. The van der Waals surface area contributed by atoms with Gasteiger partial charge in [-0.2, -0.15) is 0 Å². The van der Waals surface area contributed by atoms with Gasteiger partial charge in [0, 0.05) is 6.07 Å². The van der Waals surface area contributed by atoms with Crippen molar-refractivity contribution in [3.63, 3.8) is 0 Å². The van der Waals surface area contributed by atoms with Crippen LogP contribution >= 0.6 is 23.2 Å². The minimum atomic E-state index is 0.233. The molecule has 0 amide bonds. The van der Waals surface area contributed by atoms with Crippen LogP contribution in [0.25, 0.3) is 0 Å². The summed E-state index contributed by atoms with van der Waals surface area (Å²) in [5, 5.41) is 7.59. The molecule has 0 bridgehead atoms. The fourth-order valence-electron chi connectivity index (χ4n) is 0.594. The molecule has 1 rings (SSSR count). The van der Waals surface area contributed by atoms with E-state index in [-0.39, 0.29) is 10.3 Å². The molecule has 0 saturated heterocycles. The largest absolute Gasteiger partial charge is 0.490 e. The van der Waals surface area contributed by atoms with E-state index >= 15 is 0 Å². The van der Waals surface area contributed by atoms with Gasteiger partial charge >= 0.3 is 0 Å². The Kier molecular flexibility index (Phi) is 2.91. The Balaban J connectivity index is 2.93. The molecule has 1 aromatic heterocycles. The second-order valence-corrected chi connectivity index (χ2v) is 2.50. The zero-order chi connectivity index (χ0) is 8.27. The molecular weight excluding hydrogens is 187 g/mol. The average molecular weight is 193 g/mol. The fraction of sp³-hybridized carbons (Fsp3) is 0.333. The zero-order valence-corrected chi connectivity index (χ0v) is 7.35. The molecule has 0 aliphatic heterocycles. The van der Waals surface area contributed by atoms with Crippen molar-refractivity contribution in [3.05, 3.63) is 16.4 Å². The van der Waals surface area contributed by atoms with Crippen molar-refractivity contribution in [3.8, 4) is 5.75 Å². The third-order valence-electron chi connectivity index (χ3n) is 0.987. The normalized spacial score (nSPS) is 9.73. The van der Waals surface area contributed by atoms with Crippen LogP contribution in [0.2, 0.25) is 10.3 Å². The van der Waals surface area contributed by atoms with Crippen molar-refractivity contribution in [1.29, 1.82) is 0 Å². The summed E-state index contributed by atoms with van der Waals surface area (Å²) in [4.78, 5) is 0. The predicted octanol–water partition coefficient (Wildman–Crippen LogP) is 2.18. The van der Waals surface area contributed by atoms with Gasteiger partial charge in [0.25, 0.3) is 0 Å². The molecule has 0 spiro atoms. The SMILES string of the molecule is CCOc1cc(Cl)nnc1Cl. The number of ether oxygens (including phenoxy) is 1. The van der Waals surface area contributed by atoms with E-state index in [0.717, 1.165) is 0 Å². The molecule has 0 N–H and O–H groups in total. The molecule has 3 nitrogen and oxygen atoms in total. The lowest BCUT2D eigenvalue weighted by Gasteiger charge is -2.02. The van der Waals surface area contributed by atoms with Crippen LogP contribution in [0.15, 0.2) is 6.07 Å². The van der Waals surface area contributed by atoms with E-state index in [1.54, 1.807) is 0 Å². The van der Waals surface area contributed by atoms with E-state index in [4.69, 9.17) is 27.9 Å². The number of hydrogen-bond acceptors (Lipinski definition) is 3. The lowest BCUT2D eigenvalue weighted by molar-refractivity contribution is 0.338. The third kappa shape index (κ3) is 2.20. The van der Waals surface area contributed by atoms with Gasteiger partial charge in [0.1, 0.15) is 0 Å². The molecule has 0 aliphatic carbocycles. The Morgan fingerprint density at radius 1 is 1.45 bits per heavy atom. The van der Waals surface area contributed by atoms with E-state index in [2.05, 4.69) is 10.2 Å². The minimum absolute atomic E-state index is 0.233. The lowest BCUT2D eigenvalue weighted by atomic mass is 10.5. The van der Waals surface area contributed by atoms with Gasteiger partial charge in [-0.25, -0.2) is 0 Å². The second kappa shape index (κ2) is 3.74. The Labute approximate surface area is 74.3 Å². The first-order valence-electron chi connectivity index (χ1n) is 3.05. The van der Waals surface area contributed by atoms with Crippen LogP contribution in [0.3, 0.4) is 0 Å². The van der Waals surface area contributed by atoms with Crippen LogP contribution in [0, 0.1) is 0 Å². The second-order valence-electron chi connectivity index (χ2n) is 1.76. The molecule has 1 aromatic rings. The van der Waals surface area contributed by atoms with Crippen molar-refractivity contribution < 1.29 is 4.74 Å². The Morgan fingerprint density at radius 2 is 2.18 bits per heavy atom. The highest BCUT2D eigenvalue weighted by molar-refractivity contribution is 6.32. The monoisotopic (exact) mass is 192 g/mol. The van der Waals surface area contributed by atoms with E-state index in [1.165, 1.54) is 6.07 Å². The number of halogens is 2. The van der Waals surface area contributed by atoms with Gasteiger partial charge in [0.15, 0.2) is 16.1 Å². The Bertz CT molecular complexity index is 254. The van der Waals surface area contributed by atoms with E-state index in [0.29, 0.717) is 12.4 Å². The van der Waals surface area contributed by atoms with Crippen molar-refractivity contribution in [1.82, 2.24) is 10.2 Å². The van der Waals surface area contributed by atoms with Gasteiger partial charge in [-0.1, -0.05) is 23.2 Å². The summed E-state index contributed by atoms with van der Waals surface area (Å²) in [6.07, 6.45) is 0. The summed E-state index contributed by atoms with van der Waals surface area (Å²) in [5.41, 5.74) is 0. The van der Waals surface area contributed by atoms with Crippen molar-refractivity contribution in [2.45, 2.75) is 6.92 Å². The standard InChI is InChI=1S/C6H6Cl2N2O/c1-2-11-4-3-5(7)9-10-6(4)8/h3H,2H2,1H3. The predicted molar refractivity (Wildman–Crippen MR) is 43.2 cm³/mol. The van der Waals surface area contributed by atoms with Crippen molar-refractivity contribution in [2.24, 2.45) is 0 Å². The lowest BCUT2D eigenvalue weighted by Crippen LogP contribution is -1.94. The first kappa shape index (κ1) is 8.56. The van der Waals surface area contributed by atoms with Crippen LogP contribution in [-0.2, 0) is 0 Å². The van der Waals surface area contributed by atoms with Gasteiger partial charge in [-0.05, 0) is 6.92 Å². The van der Waals surface area contributed by atoms with Gasteiger partial charge in [-0.3, -0.25) is 0 Å². The molecule has 60 valence electrons. The molecule has 0 aliphatic rings. The summed E-state index contributed by atoms with van der Waals surface area (Å²) < 4.78 is 5.10. The van der Waals surface area contributed by atoms with E-state index in [1.807, 2.05) is 6.92 Å². The first-order valence-corrected chi connectivity index (χ1v) is 3.81. The van der Waals surface area contributed by atoms with Crippen molar-refractivity contribution in [2.75, 3.05) is 6.61 Å². The zero-order valence-electron chi connectivity index (χ0n) is 5.84. The Morgan fingerprint density at radius 3 is 2.82 bits per heavy atom. The summed E-state index contributed by atoms with van der Waals surface area (Å²) in [5.74, 6) is 0.467. The summed E-state index contributed by atoms with van der Waals surface area (Å²) in [6, 6.07) is 1.53. The van der Waals surface area contributed by atoms with Crippen LogP contribution in [0.5, 0.6) is 5.75 Å². The van der Waals surface area contributed by atoms with Crippen molar-refractivity contribution >= 4 is 23.2 Å². The van der Waals surface area contributed by atoms with Gasteiger partial charge in [0.2, 0.25) is 0 Å². The van der Waals surface area contributed by atoms with Crippen LogP contribution in [0.1, 0.15) is 6.92 Å². The maximum absolute atomic E-state index is 5.62. The summed E-state index contributed by atoms with van der Waals surface area (Å²) in [7, 11) is 0. The van der Waals surface area contributed by atoms with E-state index < -0.39 is 0 Å². The molecule has 0 fully saturated rings. The number of hydrogen-bond donors (Lipinski definition) is 0. The highest BCUT2D eigenvalue weighted by atomic mass is 35.5. The Hall–Kier alpha value is -0.540. The van der Waals surface area contributed by atoms with Gasteiger partial charge in [-0.15, -0.1) is 10.2 Å². The highest BCUT2D eigenvalue weighted by Crippen LogP contribution is 2.22. The molecule has 1 heterocycles. The van der Waals surface area contributed by atoms with Crippen LogP contribution in [-0.4, -0.2) is 16.8 Å². The van der Waals surface area contributed by atoms with Gasteiger partial charge in [0.05, 0.1) is 6.61 Å². The van der Waals surface area contributed by atoms with Crippen LogP contribution < -0.4 is 4.74 Å². The molecule has 0 unspecified atom stereocenters. The number of nitrogens with zero attached hydrogens (tertiary/aromatic N) is 2. The quantitative estimate of drug-likeness (QED) is 0.721. The first-order chi connectivity index (χ1) is 5.24. The highest BCUT2D eigenvalue weighted by Gasteiger charge is 2.03. The maximum Gasteiger partial charge on any atom is 0.193 e. The average Bonchev–Trinajstić information content (AvgIpc) is 1.98. The van der Waals surface area contributed by atoms with Crippen LogP contribution in [0.4, 0.5) is 0 Å². The molecular formula is C6H6Cl2N2O. The molecule has 0 aromatic carbocycles. The van der Waals surface area contributed by atoms with E-state index in [9.17, 15) is 0 Å². The summed E-state index contributed by atoms with van der Waals surface area (Å²) >= 11 is 11.2. The smallest absolute Gasteiger partial charge is 0.193 e.